The Morgan fingerprint density at radius 3 is 2.65 bits per heavy atom. The van der Waals surface area contributed by atoms with E-state index in [2.05, 4.69) is 5.32 Å². The number of rotatable bonds is 2. The molecule has 0 aromatic heterocycles. The Bertz CT molecular complexity index is 642. The number of likely N-dealkylation sites (N-methyl/N-ethyl adjacent to an activating group) is 1. The molecule has 2 aromatic carbocycles. The lowest BCUT2D eigenvalue weighted by molar-refractivity contribution is -0.119. The molecular formula is C16H15FN2O. The highest BCUT2D eigenvalue weighted by atomic mass is 19.1. The van der Waals surface area contributed by atoms with E-state index in [1.54, 1.807) is 11.0 Å². The van der Waals surface area contributed by atoms with Gasteiger partial charge in [-0.2, -0.15) is 0 Å². The topological polar surface area (TPSA) is 32.3 Å². The number of halogens is 1. The zero-order valence-corrected chi connectivity index (χ0v) is 11.1. The predicted molar refractivity (Wildman–Crippen MR) is 77.2 cm³/mol. The van der Waals surface area contributed by atoms with Crippen molar-refractivity contribution in [2.75, 3.05) is 16.8 Å². The summed E-state index contributed by atoms with van der Waals surface area (Å²) in [4.78, 5) is 14.3. The molecule has 20 heavy (non-hydrogen) atoms. The van der Waals surface area contributed by atoms with E-state index < -0.39 is 6.04 Å². The number of hydrogen-bond acceptors (Lipinski definition) is 2. The first-order chi connectivity index (χ1) is 9.70. The van der Waals surface area contributed by atoms with Gasteiger partial charge in [0.1, 0.15) is 11.9 Å². The Morgan fingerprint density at radius 1 is 1.20 bits per heavy atom. The van der Waals surface area contributed by atoms with Crippen LogP contribution in [0, 0.1) is 5.82 Å². The molecule has 0 radical (unpaired) electrons. The van der Waals surface area contributed by atoms with Crippen molar-refractivity contribution in [3.63, 3.8) is 0 Å². The summed E-state index contributed by atoms with van der Waals surface area (Å²) in [6, 6.07) is 13.5. The van der Waals surface area contributed by atoms with Gasteiger partial charge in [0.25, 0.3) is 5.91 Å². The number of carbonyl (C=O) groups excluding carboxylic acids is 1. The Labute approximate surface area is 117 Å². The summed E-state index contributed by atoms with van der Waals surface area (Å²) in [5, 5.41) is 3.14. The second-order valence-corrected chi connectivity index (χ2v) is 4.73. The quantitative estimate of drug-likeness (QED) is 0.907. The standard InChI is InChI=1S/C16H15FN2O/c1-2-19-14-9-8-12(17)10-13(14)18-15(16(19)20)11-6-4-3-5-7-11/h3-10,15,18H,2H2,1H3. The van der Waals surface area contributed by atoms with Crippen molar-refractivity contribution in [2.24, 2.45) is 0 Å². The highest BCUT2D eigenvalue weighted by Crippen LogP contribution is 2.36. The van der Waals surface area contributed by atoms with Crippen LogP contribution in [-0.2, 0) is 4.79 Å². The van der Waals surface area contributed by atoms with Gasteiger partial charge in [-0.05, 0) is 30.7 Å². The van der Waals surface area contributed by atoms with Crippen LogP contribution >= 0.6 is 0 Å². The lowest BCUT2D eigenvalue weighted by Crippen LogP contribution is -2.42. The van der Waals surface area contributed by atoms with Crippen molar-refractivity contribution in [2.45, 2.75) is 13.0 Å². The molecule has 102 valence electrons. The monoisotopic (exact) mass is 270 g/mol. The number of nitrogens with zero attached hydrogens (tertiary/aromatic N) is 1. The molecule has 2 aromatic rings. The molecule has 1 atom stereocenters. The van der Waals surface area contributed by atoms with Crippen molar-refractivity contribution in [3.05, 3.63) is 59.9 Å². The average molecular weight is 270 g/mol. The second-order valence-electron chi connectivity index (χ2n) is 4.73. The summed E-state index contributed by atoms with van der Waals surface area (Å²) in [6.07, 6.45) is 0. The van der Waals surface area contributed by atoms with Crippen molar-refractivity contribution in [3.8, 4) is 0 Å². The van der Waals surface area contributed by atoms with E-state index in [0.717, 1.165) is 11.3 Å². The Kier molecular flexibility index (Phi) is 3.14. The fraction of sp³-hybridized carbons (Fsp3) is 0.188. The van der Waals surface area contributed by atoms with Crippen LogP contribution in [0.4, 0.5) is 15.8 Å². The molecule has 1 amide bonds. The van der Waals surface area contributed by atoms with Gasteiger partial charge in [-0.15, -0.1) is 0 Å². The highest BCUT2D eigenvalue weighted by molar-refractivity contribution is 6.05. The molecule has 1 heterocycles. The van der Waals surface area contributed by atoms with Crippen molar-refractivity contribution in [1.29, 1.82) is 0 Å². The first kappa shape index (κ1) is 12.7. The Hall–Kier alpha value is -2.36. The van der Waals surface area contributed by atoms with Gasteiger partial charge >= 0.3 is 0 Å². The number of anilines is 2. The van der Waals surface area contributed by atoms with E-state index in [9.17, 15) is 9.18 Å². The van der Waals surface area contributed by atoms with Gasteiger partial charge in [-0.1, -0.05) is 30.3 Å². The van der Waals surface area contributed by atoms with E-state index in [1.807, 2.05) is 37.3 Å². The van der Waals surface area contributed by atoms with Crippen LogP contribution in [0.5, 0.6) is 0 Å². The molecule has 1 aliphatic rings. The van der Waals surface area contributed by atoms with E-state index in [-0.39, 0.29) is 11.7 Å². The van der Waals surface area contributed by atoms with E-state index in [1.165, 1.54) is 12.1 Å². The fourth-order valence-electron chi connectivity index (χ4n) is 2.55. The lowest BCUT2D eigenvalue weighted by atomic mass is 10.0. The zero-order valence-electron chi connectivity index (χ0n) is 11.1. The molecular weight excluding hydrogens is 255 g/mol. The van der Waals surface area contributed by atoms with Gasteiger partial charge in [-0.25, -0.2) is 4.39 Å². The van der Waals surface area contributed by atoms with Gasteiger partial charge in [0.05, 0.1) is 11.4 Å². The first-order valence-corrected chi connectivity index (χ1v) is 6.63. The minimum Gasteiger partial charge on any atom is -0.368 e. The normalized spacial score (nSPS) is 17.6. The third kappa shape index (κ3) is 2.03. The predicted octanol–water partition coefficient (Wildman–Crippen LogP) is 3.35. The molecule has 0 bridgehead atoms. The van der Waals surface area contributed by atoms with Crippen LogP contribution in [0.2, 0.25) is 0 Å². The summed E-state index contributed by atoms with van der Waals surface area (Å²) in [5.41, 5.74) is 2.26. The summed E-state index contributed by atoms with van der Waals surface area (Å²) >= 11 is 0. The number of carbonyl (C=O) groups is 1. The van der Waals surface area contributed by atoms with Gasteiger partial charge in [0, 0.05) is 6.54 Å². The maximum Gasteiger partial charge on any atom is 0.254 e. The molecule has 1 N–H and O–H groups in total. The number of nitrogens with one attached hydrogen (secondary N) is 1. The number of benzene rings is 2. The fourth-order valence-corrected chi connectivity index (χ4v) is 2.55. The summed E-state index contributed by atoms with van der Waals surface area (Å²) in [7, 11) is 0. The van der Waals surface area contributed by atoms with Crippen molar-refractivity contribution in [1.82, 2.24) is 0 Å². The van der Waals surface area contributed by atoms with Gasteiger partial charge < -0.3 is 10.2 Å². The highest BCUT2D eigenvalue weighted by Gasteiger charge is 2.32. The minimum atomic E-state index is -0.467. The third-order valence-corrected chi connectivity index (χ3v) is 3.51. The number of fused-ring (bicyclic) bond motifs is 1. The SMILES string of the molecule is CCN1C(=O)C(c2ccccc2)Nc2cc(F)ccc21. The van der Waals surface area contributed by atoms with Crippen LogP contribution in [-0.4, -0.2) is 12.5 Å². The maximum absolute atomic E-state index is 13.4. The van der Waals surface area contributed by atoms with Crippen LogP contribution in [0.3, 0.4) is 0 Å². The molecule has 0 aliphatic carbocycles. The number of hydrogen-bond donors (Lipinski definition) is 1. The lowest BCUT2D eigenvalue weighted by Gasteiger charge is -2.35. The minimum absolute atomic E-state index is 0.0159. The van der Waals surface area contributed by atoms with Gasteiger partial charge in [-0.3, -0.25) is 4.79 Å². The van der Waals surface area contributed by atoms with Crippen LogP contribution in [0.1, 0.15) is 18.5 Å². The molecule has 3 nitrogen and oxygen atoms in total. The summed E-state index contributed by atoms with van der Waals surface area (Å²) < 4.78 is 13.4. The molecule has 1 aliphatic heterocycles. The van der Waals surface area contributed by atoms with E-state index in [0.29, 0.717) is 12.2 Å². The molecule has 4 heteroatoms. The van der Waals surface area contributed by atoms with Crippen LogP contribution in [0.15, 0.2) is 48.5 Å². The Morgan fingerprint density at radius 2 is 1.95 bits per heavy atom. The molecule has 3 rings (SSSR count). The second kappa shape index (κ2) is 4.96. The molecule has 0 saturated heterocycles. The van der Waals surface area contributed by atoms with Crippen molar-refractivity contribution >= 4 is 17.3 Å². The number of amides is 1. The third-order valence-electron chi connectivity index (χ3n) is 3.51. The van der Waals surface area contributed by atoms with Crippen LogP contribution < -0.4 is 10.2 Å². The molecule has 0 spiro atoms. The molecule has 0 fully saturated rings. The summed E-state index contributed by atoms with van der Waals surface area (Å²) in [5.74, 6) is -0.328. The smallest absolute Gasteiger partial charge is 0.254 e. The van der Waals surface area contributed by atoms with E-state index >= 15 is 0 Å². The van der Waals surface area contributed by atoms with Gasteiger partial charge in [0.2, 0.25) is 0 Å². The first-order valence-electron chi connectivity index (χ1n) is 6.63. The molecule has 1 unspecified atom stereocenters. The van der Waals surface area contributed by atoms with Gasteiger partial charge in [0.15, 0.2) is 0 Å². The Balaban J connectivity index is 2.07. The van der Waals surface area contributed by atoms with Crippen molar-refractivity contribution < 1.29 is 9.18 Å². The van der Waals surface area contributed by atoms with E-state index in [4.69, 9.17) is 0 Å². The maximum atomic E-state index is 13.4. The molecule has 0 saturated carbocycles. The largest absolute Gasteiger partial charge is 0.368 e. The summed E-state index contributed by atoms with van der Waals surface area (Å²) in [6.45, 7) is 2.47. The van der Waals surface area contributed by atoms with Crippen LogP contribution in [0.25, 0.3) is 0 Å². The zero-order chi connectivity index (χ0) is 14.1. The average Bonchev–Trinajstić information content (AvgIpc) is 2.48.